The van der Waals surface area contributed by atoms with Crippen molar-refractivity contribution in [1.29, 1.82) is 0 Å². The molecule has 0 aromatic heterocycles. The number of amides is 1. The van der Waals surface area contributed by atoms with Crippen LogP contribution in [0.5, 0.6) is 5.75 Å². The summed E-state index contributed by atoms with van der Waals surface area (Å²) in [6.07, 6.45) is 3.88. The smallest absolute Gasteiger partial charge is 0.258 e. The molecule has 1 fully saturated rings. The summed E-state index contributed by atoms with van der Waals surface area (Å²) in [5, 5.41) is 0. The van der Waals surface area contributed by atoms with Gasteiger partial charge in [-0.1, -0.05) is 20.3 Å². The van der Waals surface area contributed by atoms with E-state index in [2.05, 4.69) is 30.8 Å². The van der Waals surface area contributed by atoms with Crippen molar-refractivity contribution < 1.29 is 13.9 Å². The topological polar surface area (TPSA) is 36.0 Å². The molecule has 5 nitrogen and oxygen atoms in total. The van der Waals surface area contributed by atoms with E-state index in [0.717, 1.165) is 44.5 Å². The SMILES string of the molecule is CCCCOc1ccc(C(=O)N(CCC)c2ccc(N3CCC(N(C)C)C3)c(F)c2)cc1. The summed E-state index contributed by atoms with van der Waals surface area (Å²) in [6, 6.07) is 12.8. The van der Waals surface area contributed by atoms with E-state index in [1.54, 1.807) is 17.0 Å². The van der Waals surface area contributed by atoms with Gasteiger partial charge >= 0.3 is 0 Å². The molecule has 3 rings (SSSR count). The monoisotopic (exact) mass is 441 g/mol. The van der Waals surface area contributed by atoms with Crippen molar-refractivity contribution in [3.63, 3.8) is 0 Å². The number of ether oxygens (including phenoxy) is 1. The van der Waals surface area contributed by atoms with Gasteiger partial charge in [-0.15, -0.1) is 0 Å². The number of anilines is 2. The summed E-state index contributed by atoms with van der Waals surface area (Å²) in [6.45, 7) is 6.98. The van der Waals surface area contributed by atoms with E-state index in [4.69, 9.17) is 4.74 Å². The van der Waals surface area contributed by atoms with Gasteiger partial charge in [0.1, 0.15) is 11.6 Å². The Bertz CT molecular complexity index is 885. The zero-order chi connectivity index (χ0) is 23.1. The number of benzene rings is 2. The van der Waals surface area contributed by atoms with Crippen LogP contribution in [0.25, 0.3) is 0 Å². The van der Waals surface area contributed by atoms with Crippen LogP contribution in [0.3, 0.4) is 0 Å². The fraction of sp³-hybridized carbons (Fsp3) is 0.500. The van der Waals surface area contributed by atoms with Crippen molar-refractivity contribution in [3.8, 4) is 5.75 Å². The molecule has 1 aliphatic rings. The van der Waals surface area contributed by atoms with Crippen LogP contribution in [0, 0.1) is 5.82 Å². The molecular formula is C26H36FN3O2. The standard InChI is InChI=1S/C26H36FN3O2/c1-5-7-17-32-23-11-8-20(9-12-23)26(31)30(15-6-2)21-10-13-25(24(27)18-21)29-16-14-22(19-29)28(3)4/h8-13,18,22H,5-7,14-17,19H2,1-4H3. The lowest BCUT2D eigenvalue weighted by molar-refractivity contribution is 0.0987. The number of carbonyl (C=O) groups is 1. The van der Waals surface area contributed by atoms with Crippen LogP contribution in [-0.2, 0) is 0 Å². The molecule has 1 amide bonds. The summed E-state index contributed by atoms with van der Waals surface area (Å²) >= 11 is 0. The molecule has 6 heteroatoms. The molecule has 32 heavy (non-hydrogen) atoms. The zero-order valence-corrected chi connectivity index (χ0v) is 19.8. The van der Waals surface area contributed by atoms with Crippen molar-refractivity contribution in [2.45, 2.75) is 45.6 Å². The summed E-state index contributed by atoms with van der Waals surface area (Å²) in [7, 11) is 4.12. The van der Waals surface area contributed by atoms with Gasteiger partial charge in [-0.2, -0.15) is 0 Å². The second kappa shape index (κ2) is 11.3. The van der Waals surface area contributed by atoms with E-state index in [1.807, 2.05) is 31.2 Å². The van der Waals surface area contributed by atoms with Crippen LogP contribution in [0.1, 0.15) is 49.9 Å². The first kappa shape index (κ1) is 24.1. The van der Waals surface area contributed by atoms with E-state index in [-0.39, 0.29) is 11.7 Å². The highest BCUT2D eigenvalue weighted by molar-refractivity contribution is 6.06. The molecule has 1 atom stereocenters. The van der Waals surface area contributed by atoms with Crippen LogP contribution in [-0.4, -0.2) is 57.2 Å². The van der Waals surface area contributed by atoms with Gasteiger partial charge in [0.15, 0.2) is 0 Å². The normalized spacial score (nSPS) is 15.9. The first-order valence-corrected chi connectivity index (χ1v) is 11.7. The molecule has 1 aliphatic heterocycles. The third kappa shape index (κ3) is 5.80. The molecular weight excluding hydrogens is 405 g/mol. The first-order valence-electron chi connectivity index (χ1n) is 11.7. The second-order valence-corrected chi connectivity index (χ2v) is 8.67. The van der Waals surface area contributed by atoms with Gasteiger partial charge in [-0.25, -0.2) is 4.39 Å². The summed E-state index contributed by atoms with van der Waals surface area (Å²) in [4.78, 5) is 19.2. The molecule has 0 radical (unpaired) electrons. The van der Waals surface area contributed by atoms with Gasteiger partial charge in [0, 0.05) is 36.9 Å². The maximum Gasteiger partial charge on any atom is 0.258 e. The number of unbranched alkanes of at least 4 members (excludes halogenated alkanes) is 1. The van der Waals surface area contributed by atoms with E-state index < -0.39 is 0 Å². The molecule has 0 bridgehead atoms. The first-order chi connectivity index (χ1) is 15.4. The van der Waals surface area contributed by atoms with Gasteiger partial charge in [-0.3, -0.25) is 4.79 Å². The van der Waals surface area contributed by atoms with Crippen molar-refractivity contribution >= 4 is 17.3 Å². The highest BCUT2D eigenvalue weighted by Crippen LogP contribution is 2.29. The maximum atomic E-state index is 15.1. The Hall–Kier alpha value is -2.60. The summed E-state index contributed by atoms with van der Waals surface area (Å²) < 4.78 is 20.8. The van der Waals surface area contributed by atoms with Crippen molar-refractivity contribution in [2.75, 3.05) is 50.1 Å². The summed E-state index contributed by atoms with van der Waals surface area (Å²) in [5.41, 5.74) is 1.76. The van der Waals surface area contributed by atoms with Gasteiger partial charge in [0.2, 0.25) is 0 Å². The Kier molecular flexibility index (Phi) is 8.51. The number of rotatable bonds is 10. The van der Waals surface area contributed by atoms with Gasteiger partial charge in [-0.05, 0) is 75.8 Å². The van der Waals surface area contributed by atoms with Crippen molar-refractivity contribution in [2.24, 2.45) is 0 Å². The number of nitrogens with zero attached hydrogens (tertiary/aromatic N) is 3. The number of likely N-dealkylation sites (N-methyl/N-ethyl adjacent to an activating group) is 1. The molecule has 0 saturated carbocycles. The Balaban J connectivity index is 1.75. The lowest BCUT2D eigenvalue weighted by Gasteiger charge is -2.25. The number of hydrogen-bond donors (Lipinski definition) is 0. The van der Waals surface area contributed by atoms with E-state index >= 15 is 4.39 Å². The summed E-state index contributed by atoms with van der Waals surface area (Å²) in [5.74, 6) is 0.345. The lowest BCUT2D eigenvalue weighted by Crippen LogP contribution is -2.32. The second-order valence-electron chi connectivity index (χ2n) is 8.67. The molecule has 174 valence electrons. The average Bonchev–Trinajstić information content (AvgIpc) is 3.28. The molecule has 0 N–H and O–H groups in total. The largest absolute Gasteiger partial charge is 0.494 e. The van der Waals surface area contributed by atoms with Gasteiger partial charge < -0.3 is 19.4 Å². The predicted molar refractivity (Wildman–Crippen MR) is 130 cm³/mol. The van der Waals surface area contributed by atoms with Crippen LogP contribution in [0.2, 0.25) is 0 Å². The minimum atomic E-state index is -0.282. The lowest BCUT2D eigenvalue weighted by atomic mass is 10.1. The van der Waals surface area contributed by atoms with Crippen LogP contribution in [0.4, 0.5) is 15.8 Å². The molecule has 2 aromatic carbocycles. The van der Waals surface area contributed by atoms with E-state index in [1.165, 1.54) is 6.07 Å². The third-order valence-corrected chi connectivity index (χ3v) is 6.04. The zero-order valence-electron chi connectivity index (χ0n) is 19.8. The van der Waals surface area contributed by atoms with Crippen molar-refractivity contribution in [1.82, 2.24) is 4.90 Å². The maximum absolute atomic E-state index is 15.1. The number of carbonyl (C=O) groups excluding carboxylic acids is 1. The van der Waals surface area contributed by atoms with Crippen LogP contribution < -0.4 is 14.5 Å². The Labute approximate surface area is 191 Å². The number of hydrogen-bond acceptors (Lipinski definition) is 4. The molecule has 1 saturated heterocycles. The molecule has 0 aliphatic carbocycles. The van der Waals surface area contributed by atoms with Crippen molar-refractivity contribution in [3.05, 3.63) is 53.8 Å². The fourth-order valence-corrected chi connectivity index (χ4v) is 4.06. The minimum Gasteiger partial charge on any atom is -0.494 e. The third-order valence-electron chi connectivity index (χ3n) is 6.04. The number of halogens is 1. The quantitative estimate of drug-likeness (QED) is 0.475. The molecule has 2 aromatic rings. The average molecular weight is 442 g/mol. The van der Waals surface area contributed by atoms with E-state index in [0.29, 0.717) is 36.1 Å². The fourth-order valence-electron chi connectivity index (χ4n) is 4.06. The van der Waals surface area contributed by atoms with Gasteiger partial charge in [0.05, 0.1) is 12.3 Å². The molecule has 1 heterocycles. The Morgan fingerprint density at radius 2 is 1.88 bits per heavy atom. The van der Waals surface area contributed by atoms with E-state index in [9.17, 15) is 4.79 Å². The highest BCUT2D eigenvalue weighted by atomic mass is 19.1. The Morgan fingerprint density at radius 3 is 2.47 bits per heavy atom. The molecule has 1 unspecified atom stereocenters. The highest BCUT2D eigenvalue weighted by Gasteiger charge is 2.26. The van der Waals surface area contributed by atoms with Crippen LogP contribution in [0.15, 0.2) is 42.5 Å². The molecule has 0 spiro atoms. The van der Waals surface area contributed by atoms with Crippen LogP contribution >= 0.6 is 0 Å². The Morgan fingerprint density at radius 1 is 1.12 bits per heavy atom. The predicted octanol–water partition coefficient (Wildman–Crippen LogP) is 5.20. The minimum absolute atomic E-state index is 0.132. The van der Waals surface area contributed by atoms with Gasteiger partial charge in [0.25, 0.3) is 5.91 Å².